The fourth-order valence-electron chi connectivity index (χ4n) is 2.61. The maximum absolute atomic E-state index is 12.8. The first-order chi connectivity index (χ1) is 11.1. The van der Waals surface area contributed by atoms with E-state index in [1.54, 1.807) is 0 Å². The smallest absolute Gasteiger partial charge is 0.255 e. The molecule has 3 N–H and O–H groups in total. The first-order valence-corrected chi connectivity index (χ1v) is 7.75. The summed E-state index contributed by atoms with van der Waals surface area (Å²) in [7, 11) is 0. The van der Waals surface area contributed by atoms with Gasteiger partial charge in [-0.2, -0.15) is 0 Å². The van der Waals surface area contributed by atoms with E-state index in [1.165, 1.54) is 0 Å². The standard InChI is InChI=1S/C18H17N3OS/c1-12-15(17(22)20-14-10-6-3-7-11-14)16(21-18(23)19-12)13-8-4-2-5-9-13/h2-11,16H,1H3,(H,20,22)(H2,19,21,23)/t16-/m0/s1. The van der Waals surface area contributed by atoms with E-state index in [2.05, 4.69) is 16.0 Å². The van der Waals surface area contributed by atoms with Crippen LogP contribution in [0.5, 0.6) is 0 Å². The molecule has 1 aliphatic heterocycles. The van der Waals surface area contributed by atoms with Gasteiger partial charge in [-0.3, -0.25) is 4.79 Å². The molecular weight excluding hydrogens is 306 g/mol. The van der Waals surface area contributed by atoms with Crippen LogP contribution in [0.2, 0.25) is 0 Å². The van der Waals surface area contributed by atoms with E-state index in [0.29, 0.717) is 10.7 Å². The van der Waals surface area contributed by atoms with E-state index in [4.69, 9.17) is 12.2 Å². The predicted molar refractivity (Wildman–Crippen MR) is 95.8 cm³/mol. The molecule has 1 aliphatic rings. The maximum Gasteiger partial charge on any atom is 0.255 e. The van der Waals surface area contributed by atoms with Crippen molar-refractivity contribution >= 4 is 28.9 Å². The van der Waals surface area contributed by atoms with Gasteiger partial charge >= 0.3 is 0 Å². The molecule has 0 spiro atoms. The highest BCUT2D eigenvalue weighted by atomic mass is 32.1. The Morgan fingerprint density at radius 3 is 2.30 bits per heavy atom. The van der Waals surface area contributed by atoms with E-state index in [9.17, 15) is 4.79 Å². The molecule has 0 saturated carbocycles. The van der Waals surface area contributed by atoms with Gasteiger partial charge in [0.1, 0.15) is 0 Å². The highest BCUT2D eigenvalue weighted by Gasteiger charge is 2.29. The molecule has 4 nitrogen and oxygen atoms in total. The number of allylic oxidation sites excluding steroid dienone is 1. The van der Waals surface area contributed by atoms with Gasteiger partial charge in [0.2, 0.25) is 0 Å². The second-order valence-corrected chi connectivity index (χ2v) is 5.71. The fraction of sp³-hybridized carbons (Fsp3) is 0.111. The number of para-hydroxylation sites is 1. The number of hydrogen-bond acceptors (Lipinski definition) is 2. The highest BCUT2D eigenvalue weighted by Crippen LogP contribution is 2.27. The summed E-state index contributed by atoms with van der Waals surface area (Å²) in [5, 5.41) is 9.67. The van der Waals surface area contributed by atoms with Crippen molar-refractivity contribution in [3.05, 3.63) is 77.5 Å². The first kappa shape index (κ1) is 15.2. The van der Waals surface area contributed by atoms with Crippen LogP contribution < -0.4 is 16.0 Å². The first-order valence-electron chi connectivity index (χ1n) is 7.35. The highest BCUT2D eigenvalue weighted by molar-refractivity contribution is 7.80. The summed E-state index contributed by atoms with van der Waals surface area (Å²) in [5.41, 5.74) is 3.15. The third-order valence-corrected chi connectivity index (χ3v) is 3.90. The molecule has 2 aromatic carbocycles. The van der Waals surface area contributed by atoms with Crippen LogP contribution in [0.15, 0.2) is 71.9 Å². The molecule has 23 heavy (non-hydrogen) atoms. The number of thiocarbonyl (C=S) groups is 1. The summed E-state index contributed by atoms with van der Waals surface area (Å²) in [6.45, 7) is 1.86. The molecule has 0 fully saturated rings. The Morgan fingerprint density at radius 2 is 1.65 bits per heavy atom. The Kier molecular flexibility index (Phi) is 4.39. The number of carbonyl (C=O) groups is 1. The lowest BCUT2D eigenvalue weighted by Crippen LogP contribution is -2.45. The van der Waals surface area contributed by atoms with Gasteiger partial charge in [0.15, 0.2) is 5.11 Å². The summed E-state index contributed by atoms with van der Waals surface area (Å²) < 4.78 is 0. The zero-order valence-corrected chi connectivity index (χ0v) is 13.5. The quantitative estimate of drug-likeness (QED) is 0.760. The van der Waals surface area contributed by atoms with Gasteiger partial charge in [-0.05, 0) is 36.8 Å². The SMILES string of the molecule is CC1=C(C(=O)Nc2ccccc2)[C@H](c2ccccc2)NC(=S)N1. The van der Waals surface area contributed by atoms with E-state index in [-0.39, 0.29) is 11.9 Å². The van der Waals surface area contributed by atoms with Gasteiger partial charge in [0.05, 0.1) is 11.6 Å². The van der Waals surface area contributed by atoms with Gasteiger partial charge in [-0.25, -0.2) is 0 Å². The van der Waals surface area contributed by atoms with E-state index < -0.39 is 0 Å². The van der Waals surface area contributed by atoms with Gasteiger partial charge in [0, 0.05) is 11.4 Å². The number of benzene rings is 2. The monoisotopic (exact) mass is 323 g/mol. The number of carbonyl (C=O) groups excluding carboxylic acids is 1. The minimum Gasteiger partial charge on any atom is -0.351 e. The van der Waals surface area contributed by atoms with Gasteiger partial charge in [-0.1, -0.05) is 48.5 Å². The molecule has 1 heterocycles. The van der Waals surface area contributed by atoms with Gasteiger partial charge < -0.3 is 16.0 Å². The Hall–Kier alpha value is -2.66. The van der Waals surface area contributed by atoms with Crippen LogP contribution >= 0.6 is 12.2 Å². The summed E-state index contributed by atoms with van der Waals surface area (Å²) in [5.74, 6) is -0.148. The van der Waals surface area contributed by atoms with Crippen molar-refractivity contribution in [1.29, 1.82) is 0 Å². The number of amides is 1. The molecule has 5 heteroatoms. The third kappa shape index (κ3) is 3.40. The molecular formula is C18H17N3OS. The number of anilines is 1. The van der Waals surface area contributed by atoms with Gasteiger partial charge in [0.25, 0.3) is 5.91 Å². The number of rotatable bonds is 3. The number of nitrogens with one attached hydrogen (secondary N) is 3. The van der Waals surface area contributed by atoms with Crippen molar-refractivity contribution in [3.63, 3.8) is 0 Å². The van der Waals surface area contributed by atoms with Crippen LogP contribution in [0.25, 0.3) is 0 Å². The third-order valence-electron chi connectivity index (χ3n) is 3.68. The zero-order valence-electron chi connectivity index (χ0n) is 12.7. The lowest BCUT2D eigenvalue weighted by molar-refractivity contribution is -0.113. The van der Waals surface area contributed by atoms with Crippen LogP contribution in [0.1, 0.15) is 18.5 Å². The van der Waals surface area contributed by atoms with Crippen LogP contribution in [0.4, 0.5) is 5.69 Å². The molecule has 0 aliphatic carbocycles. The zero-order chi connectivity index (χ0) is 16.2. The van der Waals surface area contributed by atoms with Crippen molar-refractivity contribution in [1.82, 2.24) is 10.6 Å². The normalized spacial score (nSPS) is 17.3. The van der Waals surface area contributed by atoms with Crippen LogP contribution in [0.3, 0.4) is 0 Å². The second kappa shape index (κ2) is 6.62. The second-order valence-electron chi connectivity index (χ2n) is 5.30. The van der Waals surface area contributed by atoms with Crippen molar-refractivity contribution in [2.24, 2.45) is 0 Å². The van der Waals surface area contributed by atoms with Crippen molar-refractivity contribution in [2.75, 3.05) is 5.32 Å². The van der Waals surface area contributed by atoms with Gasteiger partial charge in [-0.15, -0.1) is 0 Å². The summed E-state index contributed by atoms with van der Waals surface area (Å²) in [6.07, 6.45) is 0. The Balaban J connectivity index is 1.94. The summed E-state index contributed by atoms with van der Waals surface area (Å²) in [4.78, 5) is 12.8. The molecule has 1 atom stereocenters. The minimum absolute atomic E-state index is 0.148. The topological polar surface area (TPSA) is 53.2 Å². The average molecular weight is 323 g/mol. The molecule has 2 aromatic rings. The lowest BCUT2D eigenvalue weighted by atomic mass is 9.95. The fourth-order valence-corrected chi connectivity index (χ4v) is 2.88. The van der Waals surface area contributed by atoms with E-state index >= 15 is 0 Å². The Labute approximate surface area is 140 Å². The molecule has 0 radical (unpaired) electrons. The Bertz CT molecular complexity index is 756. The van der Waals surface area contributed by atoms with E-state index in [1.807, 2.05) is 67.6 Å². The molecule has 3 rings (SSSR count). The number of hydrogen-bond donors (Lipinski definition) is 3. The summed E-state index contributed by atoms with van der Waals surface area (Å²) >= 11 is 5.24. The minimum atomic E-state index is -0.270. The average Bonchev–Trinajstić information content (AvgIpc) is 2.55. The van der Waals surface area contributed by atoms with Crippen molar-refractivity contribution in [2.45, 2.75) is 13.0 Å². The maximum atomic E-state index is 12.8. The molecule has 0 bridgehead atoms. The van der Waals surface area contributed by atoms with Crippen molar-refractivity contribution < 1.29 is 4.79 Å². The summed E-state index contributed by atoms with van der Waals surface area (Å²) in [6, 6.07) is 18.9. The van der Waals surface area contributed by atoms with Crippen LogP contribution in [-0.2, 0) is 4.79 Å². The largest absolute Gasteiger partial charge is 0.351 e. The molecule has 0 saturated heterocycles. The van der Waals surface area contributed by atoms with Crippen LogP contribution in [0, 0.1) is 0 Å². The molecule has 116 valence electrons. The molecule has 0 aromatic heterocycles. The Morgan fingerprint density at radius 1 is 1.04 bits per heavy atom. The van der Waals surface area contributed by atoms with E-state index in [0.717, 1.165) is 16.9 Å². The lowest BCUT2D eigenvalue weighted by Gasteiger charge is -2.30. The van der Waals surface area contributed by atoms with Crippen molar-refractivity contribution in [3.8, 4) is 0 Å². The van der Waals surface area contributed by atoms with Crippen LogP contribution in [-0.4, -0.2) is 11.0 Å². The molecule has 1 amide bonds. The predicted octanol–water partition coefficient (Wildman–Crippen LogP) is 3.12. The molecule has 0 unspecified atom stereocenters.